The molecule has 5 aromatic rings. The van der Waals surface area contributed by atoms with Gasteiger partial charge in [-0.1, -0.05) is 36.4 Å². The molecule has 0 bridgehead atoms. The van der Waals surface area contributed by atoms with Gasteiger partial charge in [0, 0.05) is 79.8 Å². The Kier molecular flexibility index (Phi) is 9.23. The van der Waals surface area contributed by atoms with Crippen LogP contribution in [0.25, 0.3) is 27.4 Å². The topological polar surface area (TPSA) is 84.7 Å². The summed E-state index contributed by atoms with van der Waals surface area (Å²) in [7, 11) is 1.68. The molecule has 3 heterocycles. The zero-order valence-corrected chi connectivity index (χ0v) is 28.3. The first-order valence-electron chi connectivity index (χ1n) is 16.4. The number of nitrogens with zero attached hydrogens (tertiary/aromatic N) is 3. The summed E-state index contributed by atoms with van der Waals surface area (Å²) in [6.45, 7) is 11.8. The number of para-hydroxylation sites is 1. The molecule has 0 fully saturated rings. The summed E-state index contributed by atoms with van der Waals surface area (Å²) in [5.74, 6) is 0.781. The molecule has 8 nitrogen and oxygen atoms in total. The maximum Gasteiger partial charge on any atom is 0.234 e. The number of amides is 2. The molecule has 0 saturated carbocycles. The Bertz CT molecular complexity index is 1940. The third-order valence-corrected chi connectivity index (χ3v) is 9.76. The van der Waals surface area contributed by atoms with Gasteiger partial charge < -0.3 is 19.6 Å². The highest BCUT2D eigenvalue weighted by Gasteiger charge is 2.32. The molecule has 244 valence electrons. The summed E-state index contributed by atoms with van der Waals surface area (Å²) >= 11 is 0. The molecule has 0 radical (unpaired) electrons. The third kappa shape index (κ3) is 6.69. The number of benzene rings is 3. The highest BCUT2D eigenvalue weighted by molar-refractivity contribution is 5.93. The van der Waals surface area contributed by atoms with E-state index >= 15 is 0 Å². The van der Waals surface area contributed by atoms with E-state index in [0.29, 0.717) is 32.6 Å². The number of H-pyrrole nitrogens is 2. The number of hydrazine groups is 1. The van der Waals surface area contributed by atoms with Gasteiger partial charge in [0.1, 0.15) is 5.75 Å². The number of carbonyl (C=O) groups is 2. The minimum Gasteiger partial charge on any atom is -0.497 e. The Labute approximate surface area is 277 Å². The minimum atomic E-state index is -0.268. The lowest BCUT2D eigenvalue weighted by Gasteiger charge is -2.43. The molecule has 2 amide bonds. The fraction of sp³-hybridized carbons (Fsp3) is 0.333. The van der Waals surface area contributed by atoms with Crippen LogP contribution in [0.15, 0.2) is 73.1 Å². The predicted molar refractivity (Wildman–Crippen MR) is 189 cm³/mol. The van der Waals surface area contributed by atoms with Gasteiger partial charge in [-0.25, -0.2) is 5.01 Å². The fourth-order valence-corrected chi connectivity index (χ4v) is 7.06. The molecule has 2 N–H and O–H groups in total. The molecular formula is C39H45N5O3. The Morgan fingerprint density at radius 2 is 1.64 bits per heavy atom. The molecule has 0 spiro atoms. The lowest BCUT2D eigenvalue weighted by Crippen LogP contribution is -2.57. The number of rotatable bonds is 10. The highest BCUT2D eigenvalue weighted by Crippen LogP contribution is 2.32. The van der Waals surface area contributed by atoms with Gasteiger partial charge in [0.25, 0.3) is 0 Å². The molecule has 0 aliphatic carbocycles. The van der Waals surface area contributed by atoms with Crippen LogP contribution in [0.3, 0.4) is 0 Å². The number of hydrogen-bond donors (Lipinski definition) is 2. The monoisotopic (exact) mass is 631 g/mol. The second-order valence-electron chi connectivity index (χ2n) is 12.8. The fourth-order valence-electron chi connectivity index (χ4n) is 7.06. The number of ether oxygens (including phenoxy) is 1. The molecule has 0 saturated heterocycles. The van der Waals surface area contributed by atoms with E-state index in [1.54, 1.807) is 21.0 Å². The van der Waals surface area contributed by atoms with Crippen LogP contribution in [-0.4, -0.2) is 69.5 Å². The van der Waals surface area contributed by atoms with Gasteiger partial charge in [0.2, 0.25) is 11.8 Å². The van der Waals surface area contributed by atoms with Crippen molar-refractivity contribution in [2.24, 2.45) is 0 Å². The van der Waals surface area contributed by atoms with E-state index < -0.39 is 0 Å². The largest absolute Gasteiger partial charge is 0.497 e. The average Bonchev–Trinajstić information content (AvgIpc) is 3.67. The van der Waals surface area contributed by atoms with Gasteiger partial charge in [0.15, 0.2) is 0 Å². The molecule has 47 heavy (non-hydrogen) atoms. The van der Waals surface area contributed by atoms with Crippen molar-refractivity contribution in [2.75, 3.05) is 26.7 Å². The van der Waals surface area contributed by atoms with Crippen molar-refractivity contribution in [1.29, 1.82) is 0 Å². The lowest BCUT2D eigenvalue weighted by atomic mass is 9.98. The zero-order valence-electron chi connectivity index (χ0n) is 28.3. The standard InChI is InChI=1S/C39H45N5O3/c1-25-17-30(18-26(2)27(25)3)23-42(28(4)45)24-33(19-32-21-40-38-10-8-7-9-35(32)38)44(29(5)46)43-15-13-31(14-16-43)37-22-41-39-12-11-34(47-6)20-36(37)39/h7-13,17-18,20-22,33,40-41H,14-16,19,23-24H2,1-6H3/t33-/m1/s1. The van der Waals surface area contributed by atoms with E-state index in [4.69, 9.17) is 4.74 Å². The van der Waals surface area contributed by atoms with Crippen LogP contribution in [0.1, 0.15) is 53.6 Å². The lowest BCUT2D eigenvalue weighted by molar-refractivity contribution is -0.155. The molecule has 1 aliphatic rings. The number of hydrogen-bond acceptors (Lipinski definition) is 4. The van der Waals surface area contributed by atoms with E-state index in [0.717, 1.165) is 50.7 Å². The van der Waals surface area contributed by atoms with Crippen molar-refractivity contribution in [2.45, 2.75) is 60.0 Å². The van der Waals surface area contributed by atoms with Crippen LogP contribution in [0.2, 0.25) is 0 Å². The number of fused-ring (bicyclic) bond motifs is 2. The molecule has 8 heteroatoms. The first-order chi connectivity index (χ1) is 22.6. The van der Waals surface area contributed by atoms with Gasteiger partial charge in [-0.15, -0.1) is 0 Å². The SMILES string of the molecule is COc1ccc2[nH]cc(C3=CCN(N(C(C)=O)[C@H](Cc4c[nH]c5ccccc45)CN(Cc4cc(C)c(C)c(C)c4)C(C)=O)CC3)c2c1. The number of methoxy groups -OCH3 is 1. The summed E-state index contributed by atoms with van der Waals surface area (Å²) in [6.07, 6.45) is 7.72. The van der Waals surface area contributed by atoms with Gasteiger partial charge >= 0.3 is 0 Å². The Hall–Kier alpha value is -4.82. The minimum absolute atomic E-state index is 0.0103. The van der Waals surface area contributed by atoms with Crippen molar-refractivity contribution in [3.05, 3.63) is 106 Å². The van der Waals surface area contributed by atoms with Gasteiger partial charge in [-0.2, -0.15) is 0 Å². The van der Waals surface area contributed by atoms with E-state index in [1.807, 2.05) is 40.4 Å². The molecule has 3 aromatic carbocycles. The number of carbonyl (C=O) groups excluding carboxylic acids is 2. The summed E-state index contributed by atoms with van der Waals surface area (Å²) < 4.78 is 5.49. The molecule has 0 unspecified atom stereocenters. The Morgan fingerprint density at radius 1 is 0.915 bits per heavy atom. The highest BCUT2D eigenvalue weighted by atomic mass is 16.5. The number of aromatic amines is 2. The van der Waals surface area contributed by atoms with Crippen molar-refractivity contribution in [1.82, 2.24) is 24.9 Å². The average molecular weight is 632 g/mol. The van der Waals surface area contributed by atoms with Gasteiger partial charge in [-0.3, -0.25) is 14.6 Å². The van der Waals surface area contributed by atoms with Crippen molar-refractivity contribution < 1.29 is 14.3 Å². The maximum absolute atomic E-state index is 13.6. The molecule has 2 aromatic heterocycles. The van der Waals surface area contributed by atoms with E-state index in [1.165, 1.54) is 22.3 Å². The second-order valence-corrected chi connectivity index (χ2v) is 12.8. The van der Waals surface area contributed by atoms with Gasteiger partial charge in [0.05, 0.1) is 13.2 Å². The predicted octanol–water partition coefficient (Wildman–Crippen LogP) is 7.10. The first kappa shape index (κ1) is 32.1. The summed E-state index contributed by atoms with van der Waals surface area (Å²) in [4.78, 5) is 35.5. The number of aromatic nitrogens is 2. The van der Waals surface area contributed by atoms with E-state index in [-0.39, 0.29) is 17.9 Å². The second kappa shape index (κ2) is 13.5. The molecule has 1 atom stereocenters. The summed E-state index contributed by atoms with van der Waals surface area (Å²) in [5, 5.41) is 6.33. The van der Waals surface area contributed by atoms with Crippen LogP contribution in [0.4, 0.5) is 0 Å². The maximum atomic E-state index is 13.6. The molecule has 6 rings (SSSR count). The van der Waals surface area contributed by atoms with Crippen LogP contribution in [0.5, 0.6) is 5.75 Å². The smallest absolute Gasteiger partial charge is 0.234 e. The Balaban J connectivity index is 1.32. The van der Waals surface area contributed by atoms with Crippen LogP contribution >= 0.6 is 0 Å². The first-order valence-corrected chi connectivity index (χ1v) is 16.4. The number of aryl methyl sites for hydroxylation is 2. The summed E-state index contributed by atoms with van der Waals surface area (Å²) in [6, 6.07) is 18.4. The van der Waals surface area contributed by atoms with Crippen LogP contribution in [-0.2, 0) is 22.6 Å². The van der Waals surface area contributed by atoms with Crippen LogP contribution in [0, 0.1) is 20.8 Å². The van der Waals surface area contributed by atoms with E-state index in [9.17, 15) is 9.59 Å². The van der Waals surface area contributed by atoms with Crippen molar-refractivity contribution in [3.63, 3.8) is 0 Å². The van der Waals surface area contributed by atoms with Gasteiger partial charge in [-0.05, 0) is 91.3 Å². The molecule has 1 aliphatic heterocycles. The third-order valence-electron chi connectivity index (χ3n) is 9.76. The van der Waals surface area contributed by atoms with Crippen molar-refractivity contribution in [3.8, 4) is 5.75 Å². The Morgan fingerprint density at radius 3 is 2.32 bits per heavy atom. The zero-order chi connectivity index (χ0) is 33.2. The normalized spacial score (nSPS) is 14.3. The van der Waals surface area contributed by atoms with Crippen LogP contribution < -0.4 is 4.74 Å². The van der Waals surface area contributed by atoms with Crippen molar-refractivity contribution >= 4 is 39.2 Å². The molecular weight excluding hydrogens is 586 g/mol. The van der Waals surface area contributed by atoms with E-state index in [2.05, 4.69) is 78.4 Å². The summed E-state index contributed by atoms with van der Waals surface area (Å²) in [5.41, 5.74) is 10.5. The quantitative estimate of drug-likeness (QED) is 0.172. The number of nitrogens with one attached hydrogen (secondary N) is 2.